The number of methoxy groups -OCH3 is 4. The molecular formula is C22H24O7. The van der Waals surface area contributed by atoms with E-state index in [1.54, 1.807) is 30.3 Å². The minimum Gasteiger partial charge on any atom is -0.504 e. The summed E-state index contributed by atoms with van der Waals surface area (Å²) in [5.41, 5.74) is 1.98. The zero-order chi connectivity index (χ0) is 21.1. The fourth-order valence-corrected chi connectivity index (χ4v) is 3.40. The van der Waals surface area contributed by atoms with Gasteiger partial charge in [-0.3, -0.25) is 0 Å². The maximum Gasteiger partial charge on any atom is 0.339 e. The summed E-state index contributed by atoms with van der Waals surface area (Å²) in [6.07, 6.45) is 2.25. The van der Waals surface area contributed by atoms with E-state index in [1.165, 1.54) is 28.4 Å². The molecule has 0 saturated heterocycles. The summed E-state index contributed by atoms with van der Waals surface area (Å²) in [4.78, 5) is 12.9. The molecule has 1 N–H and O–H groups in total. The summed E-state index contributed by atoms with van der Waals surface area (Å²) in [7, 11) is 6.05. The Balaban J connectivity index is 2.09. The van der Waals surface area contributed by atoms with Crippen molar-refractivity contribution in [2.45, 2.75) is 13.3 Å². The summed E-state index contributed by atoms with van der Waals surface area (Å²) >= 11 is 0. The number of hydrogen-bond donors (Lipinski definition) is 1. The Morgan fingerprint density at radius 3 is 2.14 bits per heavy atom. The van der Waals surface area contributed by atoms with Crippen molar-refractivity contribution in [3.63, 3.8) is 0 Å². The number of benzene rings is 2. The van der Waals surface area contributed by atoms with Crippen LogP contribution in [0.1, 0.15) is 18.1 Å². The number of hydrogen-bond acceptors (Lipinski definition) is 7. The zero-order valence-electron chi connectivity index (χ0n) is 17.1. The zero-order valence-corrected chi connectivity index (χ0v) is 17.1. The van der Waals surface area contributed by atoms with Crippen LogP contribution < -0.4 is 23.7 Å². The molecule has 0 aromatic heterocycles. The van der Waals surface area contributed by atoms with Gasteiger partial charge in [-0.05, 0) is 53.8 Å². The molecule has 2 aliphatic rings. The number of carbonyl (C=O) groups excluding carboxylic acids is 1. The normalized spacial score (nSPS) is 17.2. The van der Waals surface area contributed by atoms with Crippen molar-refractivity contribution >= 4 is 12.0 Å². The van der Waals surface area contributed by atoms with Crippen LogP contribution in [0.5, 0.6) is 34.5 Å². The molecular weight excluding hydrogens is 376 g/mol. The van der Waals surface area contributed by atoms with Crippen molar-refractivity contribution in [1.82, 2.24) is 0 Å². The minimum absolute atomic E-state index is 0.00569. The average molecular weight is 400 g/mol. The molecule has 2 aromatic carbocycles. The van der Waals surface area contributed by atoms with E-state index in [0.717, 1.165) is 5.56 Å². The highest BCUT2D eigenvalue weighted by Crippen LogP contribution is 2.42. The second-order valence-electron chi connectivity index (χ2n) is 6.70. The van der Waals surface area contributed by atoms with Gasteiger partial charge in [0.2, 0.25) is 11.5 Å². The van der Waals surface area contributed by atoms with E-state index < -0.39 is 5.97 Å². The highest BCUT2D eigenvalue weighted by atomic mass is 16.6. The van der Waals surface area contributed by atoms with Gasteiger partial charge in [-0.1, -0.05) is 6.92 Å². The Bertz CT molecular complexity index is 937. The highest BCUT2D eigenvalue weighted by Gasteiger charge is 2.27. The van der Waals surface area contributed by atoms with E-state index >= 15 is 0 Å². The van der Waals surface area contributed by atoms with Crippen molar-refractivity contribution in [2.75, 3.05) is 28.4 Å². The molecule has 4 rings (SSSR count). The number of ether oxygens (including phenoxy) is 5. The number of fused-ring (bicyclic) bond motifs is 6. The van der Waals surface area contributed by atoms with E-state index in [1.807, 2.05) is 6.92 Å². The van der Waals surface area contributed by atoms with Crippen LogP contribution in [0.25, 0.3) is 6.08 Å². The van der Waals surface area contributed by atoms with Crippen LogP contribution in [0.4, 0.5) is 0 Å². The Morgan fingerprint density at radius 1 is 0.966 bits per heavy atom. The first-order chi connectivity index (χ1) is 13.9. The molecule has 0 aliphatic carbocycles. The van der Waals surface area contributed by atoms with Gasteiger partial charge in [0.1, 0.15) is 0 Å². The smallest absolute Gasteiger partial charge is 0.339 e. The van der Waals surface area contributed by atoms with E-state index in [9.17, 15) is 9.90 Å². The third kappa shape index (κ3) is 3.94. The SMILES string of the molecule is COc1cc2cc(O)c1OC(=O)C(=Cc1cc(OC)c(OC)c(OC)c1)[C@@H](C)C2. The predicted molar refractivity (Wildman–Crippen MR) is 107 cm³/mol. The van der Waals surface area contributed by atoms with E-state index in [2.05, 4.69) is 0 Å². The van der Waals surface area contributed by atoms with Crippen LogP contribution in [0.15, 0.2) is 29.8 Å². The molecule has 0 amide bonds. The predicted octanol–water partition coefficient (Wildman–Crippen LogP) is 3.61. The molecule has 2 aromatic rings. The fraction of sp³-hybridized carbons (Fsp3) is 0.318. The summed E-state index contributed by atoms with van der Waals surface area (Å²) in [5, 5.41) is 10.2. The first-order valence-corrected chi connectivity index (χ1v) is 9.05. The fourth-order valence-electron chi connectivity index (χ4n) is 3.40. The molecule has 0 fully saturated rings. The molecule has 154 valence electrons. The van der Waals surface area contributed by atoms with Crippen molar-refractivity contribution in [2.24, 2.45) is 5.92 Å². The van der Waals surface area contributed by atoms with Crippen LogP contribution in [0.3, 0.4) is 0 Å². The molecule has 0 saturated carbocycles. The topological polar surface area (TPSA) is 83.5 Å². The lowest BCUT2D eigenvalue weighted by molar-refractivity contribution is -0.130. The summed E-state index contributed by atoms with van der Waals surface area (Å²) in [6.45, 7) is 1.92. The number of carbonyl (C=O) groups is 1. The quantitative estimate of drug-likeness (QED) is 0.466. The van der Waals surface area contributed by atoms with Crippen LogP contribution >= 0.6 is 0 Å². The standard InChI is InChI=1S/C22H24O7/c1-12-6-13-8-16(23)20(17(9-13)25-2)29-22(24)15(12)7-14-10-18(26-3)21(28-5)19(11-14)27-4/h7-12,23H,6H2,1-5H3/t12-/m0/s1. The van der Waals surface area contributed by atoms with Crippen LogP contribution in [0, 0.1) is 5.92 Å². The summed E-state index contributed by atoms with van der Waals surface area (Å²) in [6, 6.07) is 6.86. The molecule has 7 heteroatoms. The number of phenols is 1. The van der Waals surface area contributed by atoms with Gasteiger partial charge in [-0.15, -0.1) is 0 Å². The van der Waals surface area contributed by atoms with Crippen molar-refractivity contribution in [3.05, 3.63) is 41.0 Å². The lowest BCUT2D eigenvalue weighted by Gasteiger charge is -2.15. The second kappa shape index (κ2) is 8.34. The molecule has 29 heavy (non-hydrogen) atoms. The number of esters is 1. The Kier molecular flexibility index (Phi) is 5.87. The number of phenolic OH excluding ortho intramolecular Hbond substituents is 1. The monoisotopic (exact) mass is 400 g/mol. The van der Waals surface area contributed by atoms with Gasteiger partial charge in [0.05, 0.1) is 28.4 Å². The maximum absolute atomic E-state index is 12.9. The van der Waals surface area contributed by atoms with E-state index in [-0.39, 0.29) is 17.4 Å². The van der Waals surface area contributed by atoms with Crippen molar-refractivity contribution < 1.29 is 33.6 Å². The van der Waals surface area contributed by atoms with Gasteiger partial charge < -0.3 is 28.8 Å². The molecule has 0 radical (unpaired) electrons. The minimum atomic E-state index is -0.563. The van der Waals surface area contributed by atoms with Crippen molar-refractivity contribution in [1.29, 1.82) is 0 Å². The largest absolute Gasteiger partial charge is 0.504 e. The van der Waals surface area contributed by atoms with Gasteiger partial charge >= 0.3 is 5.97 Å². The highest BCUT2D eigenvalue weighted by molar-refractivity contribution is 5.96. The Morgan fingerprint density at radius 2 is 1.59 bits per heavy atom. The molecule has 2 aliphatic heterocycles. The summed E-state index contributed by atoms with van der Waals surface area (Å²) < 4.78 is 26.9. The Hall–Kier alpha value is -3.35. The number of aromatic hydroxyl groups is 1. The van der Waals surface area contributed by atoms with Gasteiger partial charge in [0.25, 0.3) is 0 Å². The first-order valence-electron chi connectivity index (χ1n) is 9.05. The maximum atomic E-state index is 12.9. The lowest BCUT2D eigenvalue weighted by Crippen LogP contribution is -2.17. The number of rotatable bonds is 5. The molecule has 0 unspecified atom stereocenters. The molecule has 0 spiro atoms. The first kappa shape index (κ1) is 20.4. The van der Waals surface area contributed by atoms with Crippen LogP contribution in [-0.4, -0.2) is 39.5 Å². The summed E-state index contributed by atoms with van der Waals surface area (Å²) in [5.74, 6) is 0.882. The average Bonchev–Trinajstić information content (AvgIpc) is 2.78. The third-order valence-electron chi connectivity index (χ3n) is 4.83. The lowest BCUT2D eigenvalue weighted by atomic mass is 9.92. The van der Waals surface area contributed by atoms with Crippen molar-refractivity contribution in [3.8, 4) is 34.5 Å². The van der Waals surface area contributed by atoms with Crippen LogP contribution in [-0.2, 0) is 11.2 Å². The second-order valence-corrected chi connectivity index (χ2v) is 6.70. The van der Waals surface area contributed by atoms with Gasteiger partial charge in [0, 0.05) is 5.57 Å². The van der Waals surface area contributed by atoms with Crippen LogP contribution in [0.2, 0.25) is 0 Å². The Labute approximate surface area is 169 Å². The van der Waals surface area contributed by atoms with E-state index in [4.69, 9.17) is 23.7 Å². The molecule has 2 bridgehead atoms. The molecule has 2 heterocycles. The van der Waals surface area contributed by atoms with E-state index in [0.29, 0.717) is 40.6 Å². The van der Waals surface area contributed by atoms with Gasteiger partial charge in [0.15, 0.2) is 23.0 Å². The molecule has 1 atom stereocenters. The molecule has 7 nitrogen and oxygen atoms in total. The van der Waals surface area contributed by atoms with Gasteiger partial charge in [-0.2, -0.15) is 0 Å². The third-order valence-corrected chi connectivity index (χ3v) is 4.83. The van der Waals surface area contributed by atoms with Gasteiger partial charge in [-0.25, -0.2) is 4.79 Å².